The molecule has 25 heavy (non-hydrogen) atoms. The smallest absolute Gasteiger partial charge is 0.355 e. The molecular weight excluding hydrogens is 342 g/mol. The Morgan fingerprint density at radius 2 is 2.24 bits per heavy atom. The number of hydrogen-bond acceptors (Lipinski definition) is 5. The first kappa shape index (κ1) is 17.1. The summed E-state index contributed by atoms with van der Waals surface area (Å²) in [6, 6.07) is 7.43. The zero-order valence-corrected chi connectivity index (χ0v) is 14.4. The number of amides is 2. The first-order valence-corrected chi connectivity index (χ1v) is 8.62. The zero-order valence-electron chi connectivity index (χ0n) is 13.6. The third kappa shape index (κ3) is 3.85. The molecule has 1 aliphatic heterocycles. The summed E-state index contributed by atoms with van der Waals surface area (Å²) in [6.07, 6.45) is 0.249. The third-order valence-corrected chi connectivity index (χ3v) is 4.97. The maximum atomic E-state index is 12.2. The summed E-state index contributed by atoms with van der Waals surface area (Å²) < 4.78 is 0. The van der Waals surface area contributed by atoms with Crippen LogP contribution in [-0.2, 0) is 16.1 Å². The van der Waals surface area contributed by atoms with Gasteiger partial charge in [-0.25, -0.2) is 9.78 Å². The van der Waals surface area contributed by atoms with E-state index in [-0.39, 0.29) is 29.8 Å². The lowest BCUT2D eigenvalue weighted by molar-refractivity contribution is -0.128. The molecule has 8 heteroatoms. The molecule has 1 atom stereocenters. The SMILES string of the molecule is CN1CC(C(=O)NCc2cccc(-c3nc(C(=O)O)cs3)c2)CC1=O. The van der Waals surface area contributed by atoms with E-state index in [1.165, 1.54) is 16.7 Å². The van der Waals surface area contributed by atoms with Crippen molar-refractivity contribution in [2.45, 2.75) is 13.0 Å². The summed E-state index contributed by atoms with van der Waals surface area (Å²) in [7, 11) is 1.69. The van der Waals surface area contributed by atoms with Gasteiger partial charge in [0, 0.05) is 37.5 Å². The molecule has 1 aromatic carbocycles. The zero-order chi connectivity index (χ0) is 18.0. The third-order valence-electron chi connectivity index (χ3n) is 4.08. The van der Waals surface area contributed by atoms with E-state index in [0.717, 1.165) is 11.1 Å². The maximum Gasteiger partial charge on any atom is 0.355 e. The molecule has 3 rings (SSSR count). The number of carboxylic acid groups (broad SMARTS) is 1. The van der Waals surface area contributed by atoms with Crippen molar-refractivity contribution < 1.29 is 19.5 Å². The lowest BCUT2D eigenvalue weighted by Crippen LogP contribution is -2.31. The Balaban J connectivity index is 1.64. The molecule has 0 spiro atoms. The minimum atomic E-state index is -1.05. The van der Waals surface area contributed by atoms with Gasteiger partial charge in [-0.05, 0) is 11.6 Å². The number of thiazole rings is 1. The van der Waals surface area contributed by atoms with Crippen LogP contribution in [0.1, 0.15) is 22.5 Å². The molecule has 1 aromatic heterocycles. The fourth-order valence-corrected chi connectivity index (χ4v) is 3.48. The number of carbonyl (C=O) groups is 3. The van der Waals surface area contributed by atoms with Crippen LogP contribution in [0.5, 0.6) is 0 Å². The highest BCUT2D eigenvalue weighted by atomic mass is 32.1. The number of likely N-dealkylation sites (tertiary alicyclic amines) is 1. The first-order chi connectivity index (χ1) is 11.9. The Morgan fingerprint density at radius 1 is 1.44 bits per heavy atom. The second-order valence-electron chi connectivity index (χ2n) is 5.94. The van der Waals surface area contributed by atoms with Gasteiger partial charge in [0.2, 0.25) is 11.8 Å². The van der Waals surface area contributed by atoms with Gasteiger partial charge in [0.05, 0.1) is 5.92 Å². The number of rotatable bonds is 5. The number of nitrogens with zero attached hydrogens (tertiary/aromatic N) is 2. The summed E-state index contributed by atoms with van der Waals surface area (Å²) >= 11 is 1.26. The van der Waals surface area contributed by atoms with Gasteiger partial charge in [-0.2, -0.15) is 0 Å². The summed E-state index contributed by atoms with van der Waals surface area (Å²) in [5.41, 5.74) is 1.71. The largest absolute Gasteiger partial charge is 0.476 e. The lowest BCUT2D eigenvalue weighted by atomic mass is 10.1. The molecule has 2 aromatic rings. The van der Waals surface area contributed by atoms with Crippen molar-refractivity contribution in [1.82, 2.24) is 15.2 Å². The fourth-order valence-electron chi connectivity index (χ4n) is 2.69. The quantitative estimate of drug-likeness (QED) is 0.845. The van der Waals surface area contributed by atoms with Crippen molar-refractivity contribution in [1.29, 1.82) is 0 Å². The molecular formula is C17H17N3O4S. The molecule has 1 saturated heterocycles. The fraction of sp³-hybridized carbons (Fsp3) is 0.294. The molecule has 0 saturated carbocycles. The highest BCUT2D eigenvalue weighted by Crippen LogP contribution is 2.24. The Morgan fingerprint density at radius 3 is 2.88 bits per heavy atom. The van der Waals surface area contributed by atoms with Gasteiger partial charge in [0.1, 0.15) is 5.01 Å². The van der Waals surface area contributed by atoms with Gasteiger partial charge in [-0.15, -0.1) is 11.3 Å². The van der Waals surface area contributed by atoms with Gasteiger partial charge in [0.25, 0.3) is 0 Å². The molecule has 2 amide bonds. The average molecular weight is 359 g/mol. The molecule has 1 fully saturated rings. The number of nitrogens with one attached hydrogen (secondary N) is 1. The van der Waals surface area contributed by atoms with E-state index in [0.29, 0.717) is 18.1 Å². The number of aromatic carboxylic acids is 1. The van der Waals surface area contributed by atoms with Gasteiger partial charge in [-0.1, -0.05) is 18.2 Å². The number of aromatic nitrogens is 1. The van der Waals surface area contributed by atoms with Crippen LogP contribution in [0.15, 0.2) is 29.6 Å². The molecule has 0 bridgehead atoms. The highest BCUT2D eigenvalue weighted by Gasteiger charge is 2.31. The van der Waals surface area contributed by atoms with Crippen molar-refractivity contribution >= 4 is 29.1 Å². The van der Waals surface area contributed by atoms with Gasteiger partial charge in [-0.3, -0.25) is 9.59 Å². The Bertz CT molecular complexity index is 833. The average Bonchev–Trinajstić information content (AvgIpc) is 3.21. The summed E-state index contributed by atoms with van der Waals surface area (Å²) in [4.78, 5) is 40.3. The van der Waals surface area contributed by atoms with Crippen molar-refractivity contribution in [2.24, 2.45) is 5.92 Å². The van der Waals surface area contributed by atoms with Crippen molar-refractivity contribution in [3.8, 4) is 10.6 Å². The van der Waals surface area contributed by atoms with Crippen LogP contribution in [0, 0.1) is 5.92 Å². The molecule has 2 heterocycles. The number of carboxylic acids is 1. The number of benzene rings is 1. The molecule has 1 unspecified atom stereocenters. The second-order valence-corrected chi connectivity index (χ2v) is 6.79. The topological polar surface area (TPSA) is 99.6 Å². The van der Waals surface area contributed by atoms with E-state index in [1.54, 1.807) is 11.9 Å². The molecule has 130 valence electrons. The van der Waals surface area contributed by atoms with Crippen LogP contribution in [0.4, 0.5) is 0 Å². The molecule has 2 N–H and O–H groups in total. The Labute approximate surface area is 148 Å². The first-order valence-electron chi connectivity index (χ1n) is 7.74. The Hall–Kier alpha value is -2.74. The van der Waals surface area contributed by atoms with Crippen molar-refractivity contribution in [3.63, 3.8) is 0 Å². The summed E-state index contributed by atoms with van der Waals surface area (Å²) in [5, 5.41) is 13.9. The summed E-state index contributed by atoms with van der Waals surface area (Å²) in [6.45, 7) is 0.792. The van der Waals surface area contributed by atoms with Crippen LogP contribution in [0.25, 0.3) is 10.6 Å². The molecule has 0 radical (unpaired) electrons. The molecule has 1 aliphatic rings. The van der Waals surface area contributed by atoms with Crippen LogP contribution in [-0.4, -0.2) is 46.4 Å². The summed E-state index contributed by atoms with van der Waals surface area (Å²) in [5.74, 6) is -1.51. The van der Waals surface area contributed by atoms with E-state index in [4.69, 9.17) is 5.11 Å². The van der Waals surface area contributed by atoms with Crippen LogP contribution in [0.3, 0.4) is 0 Å². The number of carbonyl (C=O) groups excluding carboxylic acids is 2. The van der Waals surface area contributed by atoms with Crippen LogP contribution < -0.4 is 5.32 Å². The van der Waals surface area contributed by atoms with Crippen LogP contribution >= 0.6 is 11.3 Å². The van der Waals surface area contributed by atoms with E-state index in [2.05, 4.69) is 10.3 Å². The van der Waals surface area contributed by atoms with Gasteiger partial charge >= 0.3 is 5.97 Å². The molecule has 7 nitrogen and oxygen atoms in total. The van der Waals surface area contributed by atoms with Crippen molar-refractivity contribution in [2.75, 3.05) is 13.6 Å². The van der Waals surface area contributed by atoms with E-state index < -0.39 is 5.97 Å². The van der Waals surface area contributed by atoms with Gasteiger partial charge < -0.3 is 15.3 Å². The Kier molecular flexibility index (Phi) is 4.80. The standard InChI is InChI=1S/C17H17N3O4S/c1-20-8-12(6-14(20)21)15(22)18-7-10-3-2-4-11(5-10)16-19-13(9-25-16)17(23)24/h2-5,9,12H,6-8H2,1H3,(H,18,22)(H,23,24). The normalized spacial score (nSPS) is 16.9. The second kappa shape index (κ2) is 7.02. The van der Waals surface area contributed by atoms with E-state index in [1.807, 2.05) is 24.3 Å². The maximum absolute atomic E-state index is 12.2. The minimum absolute atomic E-state index is 0.0137. The van der Waals surface area contributed by atoms with Crippen molar-refractivity contribution in [3.05, 3.63) is 40.9 Å². The highest BCUT2D eigenvalue weighted by molar-refractivity contribution is 7.13. The lowest BCUT2D eigenvalue weighted by Gasteiger charge is -2.11. The van der Waals surface area contributed by atoms with Gasteiger partial charge in [0.15, 0.2) is 5.69 Å². The predicted molar refractivity (Wildman–Crippen MR) is 92.1 cm³/mol. The molecule has 0 aliphatic carbocycles. The van der Waals surface area contributed by atoms with E-state index >= 15 is 0 Å². The van der Waals surface area contributed by atoms with Crippen LogP contribution in [0.2, 0.25) is 0 Å². The van der Waals surface area contributed by atoms with E-state index in [9.17, 15) is 14.4 Å². The minimum Gasteiger partial charge on any atom is -0.476 e. The monoisotopic (exact) mass is 359 g/mol. The predicted octanol–water partition coefficient (Wildman–Crippen LogP) is 1.60. The number of hydrogen-bond donors (Lipinski definition) is 2.